The van der Waals surface area contributed by atoms with Crippen molar-refractivity contribution in [2.24, 2.45) is 5.92 Å². The first-order valence-electron chi connectivity index (χ1n) is 9.97. The van der Waals surface area contributed by atoms with Crippen molar-refractivity contribution in [1.29, 1.82) is 5.26 Å². The van der Waals surface area contributed by atoms with Gasteiger partial charge < -0.3 is 0 Å². The van der Waals surface area contributed by atoms with E-state index in [1.54, 1.807) is 0 Å². The molecule has 0 N–H and O–H groups in total. The van der Waals surface area contributed by atoms with Crippen LogP contribution >= 0.6 is 11.6 Å². The van der Waals surface area contributed by atoms with E-state index in [2.05, 4.69) is 31.2 Å². The van der Waals surface area contributed by atoms with E-state index in [9.17, 15) is 0 Å². The largest absolute Gasteiger partial charge is 0.192 e. The highest BCUT2D eigenvalue weighted by Gasteiger charge is 2.22. The molecule has 0 spiro atoms. The first-order chi connectivity index (χ1) is 12.7. The Bertz CT molecular complexity index is 749. The van der Waals surface area contributed by atoms with Gasteiger partial charge in [-0.3, -0.25) is 0 Å². The molecule has 0 saturated heterocycles. The third-order valence-electron chi connectivity index (χ3n) is 5.86. The van der Waals surface area contributed by atoms with Crippen LogP contribution < -0.4 is 0 Å². The highest BCUT2D eigenvalue weighted by molar-refractivity contribution is 6.31. The van der Waals surface area contributed by atoms with Crippen LogP contribution in [0, 0.1) is 17.2 Å². The zero-order valence-electron chi connectivity index (χ0n) is 15.7. The van der Waals surface area contributed by atoms with Gasteiger partial charge in [-0.15, -0.1) is 0 Å². The van der Waals surface area contributed by atoms with Crippen LogP contribution in [-0.2, 0) is 12.8 Å². The first-order valence-corrected chi connectivity index (χ1v) is 10.3. The van der Waals surface area contributed by atoms with Crippen LogP contribution in [0.25, 0.3) is 0 Å². The Balaban J connectivity index is 1.58. The maximum absolute atomic E-state index is 8.88. The van der Waals surface area contributed by atoms with E-state index >= 15 is 0 Å². The molecule has 2 aromatic carbocycles. The predicted molar refractivity (Wildman–Crippen MR) is 110 cm³/mol. The first kappa shape index (κ1) is 19.0. The predicted octanol–water partition coefficient (Wildman–Crippen LogP) is 7.07. The number of hydrogen-bond donors (Lipinski definition) is 0. The Kier molecular flexibility index (Phi) is 6.75. The van der Waals surface area contributed by atoms with Gasteiger partial charge in [0.2, 0.25) is 0 Å². The van der Waals surface area contributed by atoms with Crippen LogP contribution in [0.5, 0.6) is 0 Å². The second-order valence-corrected chi connectivity index (χ2v) is 8.07. The molecule has 3 rings (SSSR count). The fourth-order valence-corrected chi connectivity index (χ4v) is 4.52. The van der Waals surface area contributed by atoms with Crippen LogP contribution in [0.4, 0.5) is 0 Å². The smallest absolute Gasteiger partial charge is 0.0991 e. The Morgan fingerprint density at radius 3 is 2.35 bits per heavy atom. The monoisotopic (exact) mass is 365 g/mol. The Hall–Kier alpha value is -1.78. The number of aryl methyl sites for hydroxylation is 2. The van der Waals surface area contributed by atoms with Crippen molar-refractivity contribution in [2.45, 2.75) is 64.2 Å². The lowest BCUT2D eigenvalue weighted by molar-refractivity contribution is 0.308. The molecule has 136 valence electrons. The summed E-state index contributed by atoms with van der Waals surface area (Å²) in [6.07, 6.45) is 9.96. The van der Waals surface area contributed by atoms with Gasteiger partial charge in [-0.1, -0.05) is 55.6 Å². The normalized spacial score (nSPS) is 19.9. The zero-order valence-corrected chi connectivity index (χ0v) is 16.4. The van der Waals surface area contributed by atoms with Crippen molar-refractivity contribution in [1.82, 2.24) is 0 Å². The van der Waals surface area contributed by atoms with Gasteiger partial charge in [0.25, 0.3) is 0 Å². The van der Waals surface area contributed by atoms with Gasteiger partial charge >= 0.3 is 0 Å². The fraction of sp³-hybridized carbons (Fsp3) is 0.458. The summed E-state index contributed by atoms with van der Waals surface area (Å²) >= 11 is 6.60. The molecule has 0 aromatic heterocycles. The number of nitrogens with zero attached hydrogens (tertiary/aromatic N) is 1. The molecule has 2 heteroatoms. The lowest BCUT2D eigenvalue weighted by atomic mass is 9.77. The molecular weight excluding hydrogens is 338 g/mol. The molecule has 0 amide bonds. The van der Waals surface area contributed by atoms with Crippen LogP contribution in [0.15, 0.2) is 42.5 Å². The van der Waals surface area contributed by atoms with Crippen molar-refractivity contribution >= 4 is 11.6 Å². The molecule has 1 aliphatic carbocycles. The minimum Gasteiger partial charge on any atom is -0.192 e. The summed E-state index contributed by atoms with van der Waals surface area (Å²) < 4.78 is 0. The highest BCUT2D eigenvalue weighted by atomic mass is 35.5. The third-order valence-corrected chi connectivity index (χ3v) is 6.21. The number of nitriles is 1. The summed E-state index contributed by atoms with van der Waals surface area (Å²) in [7, 11) is 0. The minimum absolute atomic E-state index is 0.688. The van der Waals surface area contributed by atoms with Crippen molar-refractivity contribution in [3.8, 4) is 6.07 Å². The van der Waals surface area contributed by atoms with E-state index in [4.69, 9.17) is 16.9 Å². The molecule has 0 heterocycles. The average molecular weight is 366 g/mol. The highest BCUT2D eigenvalue weighted by Crippen LogP contribution is 2.38. The Labute approximate surface area is 163 Å². The number of benzene rings is 2. The van der Waals surface area contributed by atoms with Gasteiger partial charge in [0, 0.05) is 5.02 Å². The van der Waals surface area contributed by atoms with E-state index in [1.807, 2.05) is 24.3 Å². The average Bonchev–Trinajstić information content (AvgIpc) is 2.68. The quantitative estimate of drug-likeness (QED) is 0.536. The Morgan fingerprint density at radius 1 is 1.00 bits per heavy atom. The van der Waals surface area contributed by atoms with Crippen LogP contribution in [0.1, 0.15) is 73.6 Å². The van der Waals surface area contributed by atoms with Gasteiger partial charge in [-0.25, -0.2) is 0 Å². The second kappa shape index (κ2) is 9.24. The maximum Gasteiger partial charge on any atom is 0.0991 e. The van der Waals surface area contributed by atoms with E-state index in [1.165, 1.54) is 55.2 Å². The van der Waals surface area contributed by atoms with Crippen molar-refractivity contribution < 1.29 is 0 Å². The SMILES string of the molecule is CCCC1CCC(c2ccc(CCc3ccc(C#N)cc3)c(Cl)c2)CC1. The lowest BCUT2D eigenvalue weighted by Crippen LogP contribution is -2.13. The molecule has 1 nitrogen and oxygen atoms in total. The van der Waals surface area contributed by atoms with Crippen molar-refractivity contribution in [3.63, 3.8) is 0 Å². The molecule has 0 bridgehead atoms. The van der Waals surface area contributed by atoms with Gasteiger partial charge in [0.15, 0.2) is 0 Å². The fourth-order valence-electron chi connectivity index (χ4n) is 4.24. The van der Waals surface area contributed by atoms with Gasteiger partial charge in [0.05, 0.1) is 11.6 Å². The number of halogens is 1. The van der Waals surface area contributed by atoms with Crippen molar-refractivity contribution in [2.75, 3.05) is 0 Å². The number of hydrogen-bond acceptors (Lipinski definition) is 1. The molecule has 0 atom stereocenters. The van der Waals surface area contributed by atoms with E-state index in [0.29, 0.717) is 11.5 Å². The van der Waals surface area contributed by atoms with Crippen molar-refractivity contribution in [3.05, 3.63) is 69.7 Å². The van der Waals surface area contributed by atoms with E-state index < -0.39 is 0 Å². The summed E-state index contributed by atoms with van der Waals surface area (Å²) in [6, 6.07) is 16.7. The summed E-state index contributed by atoms with van der Waals surface area (Å²) in [6.45, 7) is 2.29. The van der Waals surface area contributed by atoms with Gasteiger partial charge in [-0.2, -0.15) is 5.26 Å². The van der Waals surface area contributed by atoms with Gasteiger partial charge in [0.1, 0.15) is 0 Å². The third kappa shape index (κ3) is 4.89. The van der Waals surface area contributed by atoms with Crippen LogP contribution in [0.2, 0.25) is 5.02 Å². The lowest BCUT2D eigenvalue weighted by Gasteiger charge is -2.29. The molecule has 0 unspecified atom stereocenters. The molecule has 2 aromatic rings. The molecular formula is C24H28ClN. The maximum atomic E-state index is 8.88. The van der Waals surface area contributed by atoms with E-state index in [-0.39, 0.29) is 0 Å². The van der Waals surface area contributed by atoms with Gasteiger partial charge in [-0.05, 0) is 85.3 Å². The summed E-state index contributed by atoms with van der Waals surface area (Å²) in [5.41, 5.74) is 4.61. The Morgan fingerprint density at radius 2 is 1.73 bits per heavy atom. The van der Waals surface area contributed by atoms with Crippen LogP contribution in [-0.4, -0.2) is 0 Å². The topological polar surface area (TPSA) is 23.8 Å². The molecule has 1 aliphatic rings. The molecule has 1 saturated carbocycles. The molecule has 1 fully saturated rings. The molecule has 0 aliphatic heterocycles. The molecule has 26 heavy (non-hydrogen) atoms. The zero-order chi connectivity index (χ0) is 18.4. The molecule has 0 radical (unpaired) electrons. The summed E-state index contributed by atoms with van der Waals surface area (Å²) in [5.74, 6) is 1.63. The summed E-state index contributed by atoms with van der Waals surface area (Å²) in [5, 5.41) is 9.79. The summed E-state index contributed by atoms with van der Waals surface area (Å²) in [4.78, 5) is 0. The number of rotatable bonds is 6. The minimum atomic E-state index is 0.688. The van der Waals surface area contributed by atoms with Crippen LogP contribution in [0.3, 0.4) is 0 Å². The second-order valence-electron chi connectivity index (χ2n) is 7.67. The van der Waals surface area contributed by atoms with E-state index in [0.717, 1.165) is 23.8 Å². The standard InChI is InChI=1S/C24H28ClN/c1-2-3-18-8-11-21(12-9-18)23-15-14-22(24(25)16-23)13-10-19-4-6-20(17-26)7-5-19/h4-7,14-16,18,21H,2-3,8-13H2,1H3.